The van der Waals surface area contributed by atoms with Crippen molar-refractivity contribution < 1.29 is 19.1 Å². The molecule has 30 heavy (non-hydrogen) atoms. The van der Waals surface area contributed by atoms with Gasteiger partial charge in [0.1, 0.15) is 6.61 Å². The summed E-state index contributed by atoms with van der Waals surface area (Å²) in [4.78, 5) is 22.1. The number of benzene rings is 1. The average molecular weight is 452 g/mol. The molecule has 0 aliphatic carbocycles. The third-order valence-electron chi connectivity index (χ3n) is 4.25. The first kappa shape index (κ1) is 22.2. The van der Waals surface area contributed by atoms with Crippen molar-refractivity contribution in [3.05, 3.63) is 46.2 Å². The van der Waals surface area contributed by atoms with Gasteiger partial charge in [0.25, 0.3) is 5.91 Å². The zero-order chi connectivity index (χ0) is 21.9. The van der Waals surface area contributed by atoms with E-state index in [0.29, 0.717) is 29.2 Å². The molecule has 0 saturated carbocycles. The maximum Gasteiger partial charge on any atom is 0.255 e. The third kappa shape index (κ3) is 5.34. The topological polar surface area (TPSA) is 82.0 Å². The molecule has 1 N–H and O–H groups in total. The number of hydrogen-bond donors (Lipinski definition) is 1. The molecule has 1 aliphatic heterocycles. The first-order valence-corrected chi connectivity index (χ1v) is 10.2. The Bertz CT molecular complexity index is 960. The molecule has 1 aromatic carbocycles. The summed E-state index contributed by atoms with van der Waals surface area (Å²) in [6.07, 6.45) is 3.41. The number of pyridine rings is 1. The van der Waals surface area contributed by atoms with Crippen LogP contribution in [0.1, 0.15) is 44.5 Å². The van der Waals surface area contributed by atoms with Gasteiger partial charge < -0.3 is 19.6 Å². The molecule has 160 valence electrons. The maximum absolute atomic E-state index is 12.8. The van der Waals surface area contributed by atoms with Crippen molar-refractivity contribution in [1.29, 1.82) is 0 Å². The van der Waals surface area contributed by atoms with Gasteiger partial charge in [0.15, 0.2) is 17.1 Å². The zero-order valence-corrected chi connectivity index (χ0v) is 18.7. The van der Waals surface area contributed by atoms with Crippen LogP contribution in [0, 0.1) is 0 Å². The Labute approximate surface area is 185 Å². The van der Waals surface area contributed by atoms with E-state index in [-0.39, 0.29) is 22.8 Å². The molecular formula is C21H23Cl2N3O4. The molecule has 0 saturated heterocycles. The molecule has 0 bridgehead atoms. The lowest BCUT2D eigenvalue weighted by Gasteiger charge is -2.23. The minimum absolute atomic E-state index is 0.0645. The van der Waals surface area contributed by atoms with Gasteiger partial charge in [-0.3, -0.25) is 9.78 Å². The predicted molar refractivity (Wildman–Crippen MR) is 117 cm³/mol. The molecule has 0 radical (unpaired) electrons. The lowest BCUT2D eigenvalue weighted by Crippen LogP contribution is -2.32. The van der Waals surface area contributed by atoms with Gasteiger partial charge in [0.05, 0.1) is 27.5 Å². The summed E-state index contributed by atoms with van der Waals surface area (Å²) in [5.41, 5.74) is 0.979. The number of oxime groups is 1. The first-order chi connectivity index (χ1) is 14.2. The highest BCUT2D eigenvalue weighted by atomic mass is 35.5. The van der Waals surface area contributed by atoms with E-state index < -0.39 is 11.5 Å². The van der Waals surface area contributed by atoms with Gasteiger partial charge in [-0.2, -0.15) is 0 Å². The predicted octanol–water partition coefficient (Wildman–Crippen LogP) is 5.36. The summed E-state index contributed by atoms with van der Waals surface area (Å²) in [7, 11) is 0. The van der Waals surface area contributed by atoms with Gasteiger partial charge in [0, 0.05) is 24.4 Å². The van der Waals surface area contributed by atoms with E-state index in [2.05, 4.69) is 15.5 Å². The van der Waals surface area contributed by atoms with Crippen LogP contribution in [0.2, 0.25) is 10.0 Å². The monoisotopic (exact) mass is 451 g/mol. The fourth-order valence-corrected chi connectivity index (χ4v) is 3.39. The molecule has 1 atom stereocenters. The standard InChI is InChI=1S/C21H23Cl2N3O4/c1-12(2)29-17-6-5-14(20(27)25-19-15(22)9-24-10-16(19)23)7-18(17)28-11-21(4)8-13(3)26-30-21/h5-7,9-10,12H,8,11H2,1-4H3,(H,24,25,27). The SMILES string of the molecule is CC1=NOC(C)(COc2cc(C(=O)Nc3c(Cl)cncc3Cl)ccc2OC(C)C)C1. The number of nitrogens with one attached hydrogen (secondary N) is 1. The summed E-state index contributed by atoms with van der Waals surface area (Å²) in [6.45, 7) is 7.89. The first-order valence-electron chi connectivity index (χ1n) is 9.42. The van der Waals surface area contributed by atoms with Crippen LogP contribution >= 0.6 is 23.2 Å². The van der Waals surface area contributed by atoms with Crippen LogP contribution in [0.4, 0.5) is 5.69 Å². The lowest BCUT2D eigenvalue weighted by atomic mass is 10.0. The zero-order valence-electron chi connectivity index (χ0n) is 17.2. The fraction of sp³-hybridized carbons (Fsp3) is 0.381. The van der Waals surface area contributed by atoms with Crippen molar-refractivity contribution in [3.8, 4) is 11.5 Å². The average Bonchev–Trinajstić information content (AvgIpc) is 3.02. The molecule has 0 spiro atoms. The van der Waals surface area contributed by atoms with Gasteiger partial charge in [-0.1, -0.05) is 28.4 Å². The van der Waals surface area contributed by atoms with E-state index in [0.717, 1.165) is 5.71 Å². The Morgan fingerprint density at radius 2 is 1.97 bits per heavy atom. The molecule has 1 aromatic heterocycles. The smallest absolute Gasteiger partial charge is 0.255 e. The van der Waals surface area contributed by atoms with Crippen molar-refractivity contribution in [2.24, 2.45) is 5.16 Å². The molecule has 2 aromatic rings. The van der Waals surface area contributed by atoms with Gasteiger partial charge in [-0.25, -0.2) is 0 Å². The van der Waals surface area contributed by atoms with Crippen molar-refractivity contribution in [3.63, 3.8) is 0 Å². The minimum atomic E-state index is -0.574. The fourth-order valence-electron chi connectivity index (χ4n) is 2.93. The van der Waals surface area contributed by atoms with Gasteiger partial charge in [-0.05, 0) is 45.9 Å². The number of nitrogens with zero attached hydrogens (tertiary/aromatic N) is 2. The Kier molecular flexibility index (Phi) is 6.73. The van der Waals surface area contributed by atoms with Crippen LogP contribution in [-0.2, 0) is 4.84 Å². The Balaban J connectivity index is 1.82. The molecular weight excluding hydrogens is 429 g/mol. The number of carbonyl (C=O) groups excluding carboxylic acids is 1. The van der Waals surface area contributed by atoms with Crippen molar-refractivity contribution in [2.75, 3.05) is 11.9 Å². The van der Waals surface area contributed by atoms with Crippen LogP contribution in [-0.4, -0.2) is 34.9 Å². The largest absolute Gasteiger partial charge is 0.487 e. The number of carbonyl (C=O) groups is 1. The van der Waals surface area contributed by atoms with Crippen molar-refractivity contribution >= 4 is 40.5 Å². The number of hydrogen-bond acceptors (Lipinski definition) is 6. The lowest BCUT2D eigenvalue weighted by molar-refractivity contribution is -0.0363. The molecule has 3 rings (SSSR count). The summed E-state index contributed by atoms with van der Waals surface area (Å²) in [5.74, 6) is 0.562. The van der Waals surface area contributed by atoms with E-state index in [1.807, 2.05) is 27.7 Å². The van der Waals surface area contributed by atoms with Crippen molar-refractivity contribution in [2.45, 2.75) is 45.8 Å². The molecule has 0 fully saturated rings. The van der Waals surface area contributed by atoms with Gasteiger partial charge in [0.2, 0.25) is 0 Å². The highest BCUT2D eigenvalue weighted by Gasteiger charge is 2.34. The summed E-state index contributed by atoms with van der Waals surface area (Å²) in [5, 5.41) is 7.19. The van der Waals surface area contributed by atoms with Gasteiger partial charge in [-0.15, -0.1) is 0 Å². The molecule has 1 aliphatic rings. The third-order valence-corrected chi connectivity index (χ3v) is 4.82. The normalized spacial score (nSPS) is 18.0. The van der Waals surface area contributed by atoms with E-state index >= 15 is 0 Å². The molecule has 9 heteroatoms. The van der Waals surface area contributed by atoms with Crippen LogP contribution in [0.25, 0.3) is 0 Å². The maximum atomic E-state index is 12.8. The van der Waals surface area contributed by atoms with E-state index in [4.69, 9.17) is 37.5 Å². The van der Waals surface area contributed by atoms with Crippen LogP contribution in [0.3, 0.4) is 0 Å². The summed E-state index contributed by atoms with van der Waals surface area (Å²) in [6, 6.07) is 4.95. The van der Waals surface area contributed by atoms with Crippen LogP contribution in [0.15, 0.2) is 35.7 Å². The minimum Gasteiger partial charge on any atom is -0.487 e. The quantitative estimate of drug-likeness (QED) is 0.612. The highest BCUT2D eigenvalue weighted by molar-refractivity contribution is 6.39. The van der Waals surface area contributed by atoms with Crippen LogP contribution < -0.4 is 14.8 Å². The molecule has 7 nitrogen and oxygen atoms in total. The number of ether oxygens (including phenoxy) is 2. The summed E-state index contributed by atoms with van der Waals surface area (Å²) >= 11 is 12.2. The Morgan fingerprint density at radius 3 is 2.57 bits per heavy atom. The summed E-state index contributed by atoms with van der Waals surface area (Å²) < 4.78 is 11.8. The number of amides is 1. The van der Waals surface area contributed by atoms with E-state index in [9.17, 15) is 4.79 Å². The van der Waals surface area contributed by atoms with Crippen molar-refractivity contribution in [1.82, 2.24) is 4.98 Å². The second-order valence-electron chi connectivity index (χ2n) is 7.59. The number of anilines is 1. The highest BCUT2D eigenvalue weighted by Crippen LogP contribution is 2.33. The number of halogens is 2. The Morgan fingerprint density at radius 1 is 1.27 bits per heavy atom. The molecule has 1 amide bonds. The molecule has 2 heterocycles. The van der Waals surface area contributed by atoms with E-state index in [1.54, 1.807) is 18.2 Å². The second kappa shape index (κ2) is 9.10. The number of aromatic nitrogens is 1. The number of rotatable bonds is 7. The van der Waals surface area contributed by atoms with Crippen LogP contribution in [0.5, 0.6) is 11.5 Å². The van der Waals surface area contributed by atoms with E-state index in [1.165, 1.54) is 12.4 Å². The molecule has 1 unspecified atom stereocenters. The Hall–Kier alpha value is -2.51. The second-order valence-corrected chi connectivity index (χ2v) is 8.41. The van der Waals surface area contributed by atoms with Gasteiger partial charge >= 0.3 is 0 Å².